The third-order valence-electron chi connectivity index (χ3n) is 1.93. The van der Waals surface area contributed by atoms with Crippen molar-refractivity contribution in [2.24, 2.45) is 0 Å². The molecule has 2 heterocycles. The molecule has 1 aromatic rings. The molecule has 0 bridgehead atoms. The van der Waals surface area contributed by atoms with Gasteiger partial charge in [0.2, 0.25) is 0 Å². The number of anilines is 1. The first-order valence-corrected chi connectivity index (χ1v) is 4.21. The molecule has 0 saturated carbocycles. The van der Waals surface area contributed by atoms with Crippen molar-refractivity contribution in [3.05, 3.63) is 12.3 Å². The van der Waals surface area contributed by atoms with Gasteiger partial charge in [0.25, 0.3) is 5.91 Å². The number of nitrogens with one attached hydrogen (secondary N) is 1. The van der Waals surface area contributed by atoms with E-state index in [4.69, 9.17) is 4.74 Å². The van der Waals surface area contributed by atoms with Gasteiger partial charge in [-0.25, -0.2) is 4.98 Å². The van der Waals surface area contributed by atoms with Crippen molar-refractivity contribution in [2.75, 3.05) is 11.9 Å². The van der Waals surface area contributed by atoms with E-state index in [2.05, 4.69) is 10.3 Å². The van der Waals surface area contributed by atoms with E-state index in [9.17, 15) is 4.79 Å². The number of carbonyl (C=O) groups excluding carboxylic acids is 1. The molecule has 0 aromatic carbocycles. The lowest BCUT2D eigenvalue weighted by Gasteiger charge is -2.16. The second-order valence-corrected chi connectivity index (χ2v) is 2.88. The quantitative estimate of drug-likeness (QED) is 0.588. The van der Waals surface area contributed by atoms with Gasteiger partial charge in [-0.15, -0.1) is 0 Å². The van der Waals surface area contributed by atoms with E-state index >= 15 is 0 Å². The van der Waals surface area contributed by atoms with Gasteiger partial charge >= 0.3 is 0 Å². The van der Waals surface area contributed by atoms with Crippen LogP contribution in [0.2, 0.25) is 6.82 Å². The minimum absolute atomic E-state index is 0.0852. The molecule has 66 valence electrons. The lowest BCUT2D eigenvalue weighted by molar-refractivity contribution is -0.118. The summed E-state index contributed by atoms with van der Waals surface area (Å²) in [6, 6.07) is 1.90. The monoisotopic (exact) mass is 176 g/mol. The minimum atomic E-state index is -0.149. The number of fused-ring (bicyclic) bond motifs is 1. The first-order valence-electron chi connectivity index (χ1n) is 4.21. The lowest BCUT2D eigenvalue weighted by atomic mass is 9.74. The van der Waals surface area contributed by atoms with Crippen molar-refractivity contribution in [2.45, 2.75) is 6.82 Å². The van der Waals surface area contributed by atoms with Crippen LogP contribution in [0.25, 0.3) is 0 Å². The molecule has 1 aromatic heterocycles. The number of hydrogen-bond acceptors (Lipinski definition) is 3. The van der Waals surface area contributed by atoms with E-state index in [0.717, 1.165) is 12.7 Å². The van der Waals surface area contributed by atoms with Gasteiger partial charge < -0.3 is 10.1 Å². The molecule has 5 heteroatoms. The Morgan fingerprint density at radius 1 is 1.69 bits per heavy atom. The molecule has 4 nitrogen and oxygen atoms in total. The van der Waals surface area contributed by atoms with E-state index < -0.39 is 0 Å². The highest BCUT2D eigenvalue weighted by atomic mass is 16.5. The van der Waals surface area contributed by atoms with Crippen molar-refractivity contribution in [1.29, 1.82) is 0 Å². The smallest absolute Gasteiger partial charge is 0.263 e. The fourth-order valence-electron chi connectivity index (χ4n) is 1.19. The van der Waals surface area contributed by atoms with E-state index in [0.29, 0.717) is 11.6 Å². The highest BCUT2D eigenvalue weighted by molar-refractivity contribution is 6.51. The molecule has 0 fully saturated rings. The van der Waals surface area contributed by atoms with Gasteiger partial charge in [0, 0.05) is 6.20 Å². The van der Waals surface area contributed by atoms with E-state index in [1.165, 1.54) is 0 Å². The molecule has 0 unspecified atom stereocenters. The van der Waals surface area contributed by atoms with Crippen molar-refractivity contribution in [3.8, 4) is 5.75 Å². The Balaban J connectivity index is 2.36. The van der Waals surface area contributed by atoms with Crippen LogP contribution in [0.3, 0.4) is 0 Å². The number of nitrogens with zero attached hydrogens (tertiary/aromatic N) is 1. The van der Waals surface area contributed by atoms with Gasteiger partial charge in [0.05, 0.1) is 0 Å². The third-order valence-corrected chi connectivity index (χ3v) is 1.93. The Labute approximate surface area is 76.6 Å². The van der Waals surface area contributed by atoms with E-state index in [1.54, 1.807) is 6.20 Å². The van der Waals surface area contributed by atoms with Gasteiger partial charge in [-0.3, -0.25) is 4.79 Å². The number of ether oxygens (including phenoxy) is 1. The van der Waals surface area contributed by atoms with Gasteiger partial charge in [-0.05, 0) is 6.07 Å². The average Bonchev–Trinajstić information content (AvgIpc) is 2.17. The predicted molar refractivity (Wildman–Crippen MR) is 51.0 cm³/mol. The Kier molecular flexibility index (Phi) is 1.92. The van der Waals surface area contributed by atoms with Gasteiger partial charge in [-0.1, -0.05) is 12.3 Å². The summed E-state index contributed by atoms with van der Waals surface area (Å²) >= 11 is 0. The first kappa shape index (κ1) is 8.10. The molecule has 1 aliphatic rings. The highest BCUT2D eigenvalue weighted by Gasteiger charge is 2.16. The van der Waals surface area contributed by atoms with Crippen molar-refractivity contribution < 1.29 is 9.53 Å². The largest absolute Gasteiger partial charge is 0.480 e. The lowest BCUT2D eigenvalue weighted by Crippen LogP contribution is -2.27. The summed E-state index contributed by atoms with van der Waals surface area (Å²) in [6.45, 7) is 2.13. The van der Waals surface area contributed by atoms with Crippen molar-refractivity contribution >= 4 is 24.5 Å². The summed E-state index contributed by atoms with van der Waals surface area (Å²) in [7, 11) is 0.914. The molecule has 1 amide bonds. The molecular weight excluding hydrogens is 167 g/mol. The molecule has 0 saturated heterocycles. The second-order valence-electron chi connectivity index (χ2n) is 2.88. The predicted octanol–water partition coefficient (Wildman–Crippen LogP) is -0.478. The fourth-order valence-corrected chi connectivity index (χ4v) is 1.19. The van der Waals surface area contributed by atoms with Crippen molar-refractivity contribution in [3.63, 3.8) is 0 Å². The zero-order valence-electron chi connectivity index (χ0n) is 7.33. The van der Waals surface area contributed by atoms with Gasteiger partial charge in [0.1, 0.15) is 0 Å². The number of carbonyl (C=O) groups is 1. The average molecular weight is 176 g/mol. The molecule has 2 rings (SSSR count). The van der Waals surface area contributed by atoms with Crippen LogP contribution in [-0.4, -0.2) is 24.8 Å². The Morgan fingerprint density at radius 3 is 3.31 bits per heavy atom. The fraction of sp³-hybridized carbons (Fsp3) is 0.250. The molecule has 13 heavy (non-hydrogen) atoms. The maximum Gasteiger partial charge on any atom is 0.263 e. The number of hydrogen-bond donors (Lipinski definition) is 1. The number of rotatable bonds is 1. The normalized spacial score (nSPS) is 14.1. The molecule has 1 N–H and O–H groups in total. The maximum absolute atomic E-state index is 10.9. The number of pyridine rings is 1. The Hall–Kier alpha value is -1.52. The Bertz CT molecular complexity index is 354. The third kappa shape index (κ3) is 1.49. The van der Waals surface area contributed by atoms with E-state index in [1.807, 2.05) is 12.9 Å². The summed E-state index contributed by atoms with van der Waals surface area (Å²) in [5.41, 5.74) is 1.11. The van der Waals surface area contributed by atoms with Crippen LogP contribution in [0, 0.1) is 0 Å². The summed E-state index contributed by atoms with van der Waals surface area (Å²) in [4.78, 5) is 15.0. The van der Waals surface area contributed by atoms with Crippen LogP contribution < -0.4 is 15.5 Å². The van der Waals surface area contributed by atoms with Crippen LogP contribution >= 0.6 is 0 Å². The Morgan fingerprint density at radius 2 is 2.54 bits per heavy atom. The van der Waals surface area contributed by atoms with Crippen LogP contribution in [0.5, 0.6) is 5.75 Å². The standard InChI is InChI=1S/C8H9BN2O2/c1-9-5-2-6-8(10-3-5)11-7(12)4-13-6/h2-3,9H,4H2,1H3,(H,10,11,12). The summed E-state index contributed by atoms with van der Waals surface area (Å²) in [5, 5.41) is 2.64. The summed E-state index contributed by atoms with van der Waals surface area (Å²) in [6.07, 6.45) is 1.74. The minimum Gasteiger partial charge on any atom is -0.480 e. The second kappa shape index (κ2) is 3.09. The molecular formula is C8H9BN2O2. The van der Waals surface area contributed by atoms with E-state index in [-0.39, 0.29) is 12.5 Å². The zero-order valence-corrected chi connectivity index (χ0v) is 7.33. The number of aromatic nitrogens is 1. The molecule has 0 radical (unpaired) electrons. The number of amides is 1. The van der Waals surface area contributed by atoms with Crippen LogP contribution in [0.1, 0.15) is 0 Å². The zero-order chi connectivity index (χ0) is 9.26. The van der Waals surface area contributed by atoms with Gasteiger partial charge in [0.15, 0.2) is 25.5 Å². The van der Waals surface area contributed by atoms with Gasteiger partial charge in [-0.2, -0.15) is 0 Å². The SMILES string of the molecule is CBc1cnc2c(c1)OCC(=O)N2. The molecule has 0 aliphatic carbocycles. The topological polar surface area (TPSA) is 51.2 Å². The first-order chi connectivity index (χ1) is 6.29. The van der Waals surface area contributed by atoms with Crippen LogP contribution in [0.15, 0.2) is 12.3 Å². The molecule has 0 atom stereocenters. The summed E-state index contributed by atoms with van der Waals surface area (Å²) < 4.78 is 5.20. The van der Waals surface area contributed by atoms with Crippen LogP contribution in [-0.2, 0) is 4.79 Å². The molecule has 0 spiro atoms. The highest BCUT2D eigenvalue weighted by Crippen LogP contribution is 2.22. The maximum atomic E-state index is 10.9. The summed E-state index contributed by atoms with van der Waals surface area (Å²) in [5.74, 6) is 1.04. The van der Waals surface area contributed by atoms with Crippen molar-refractivity contribution in [1.82, 2.24) is 4.98 Å². The molecule has 1 aliphatic heterocycles. The van der Waals surface area contributed by atoms with Crippen LogP contribution in [0.4, 0.5) is 5.82 Å².